The van der Waals surface area contributed by atoms with E-state index in [1.807, 2.05) is 35.9 Å². The minimum absolute atomic E-state index is 0.385. The predicted molar refractivity (Wildman–Crippen MR) is 176 cm³/mol. The van der Waals surface area contributed by atoms with Crippen molar-refractivity contribution in [3.05, 3.63) is 122 Å². The molecule has 42 heavy (non-hydrogen) atoms. The van der Waals surface area contributed by atoms with Gasteiger partial charge in [0.2, 0.25) is 0 Å². The van der Waals surface area contributed by atoms with E-state index in [-0.39, 0.29) is 6.61 Å². The summed E-state index contributed by atoms with van der Waals surface area (Å²) >= 11 is 15.6. The maximum Gasteiger partial charge on any atom is 0.341 e. The lowest BCUT2D eigenvalue weighted by Crippen LogP contribution is -2.10. The fourth-order valence-electron chi connectivity index (χ4n) is 4.64. The Morgan fingerprint density at radius 2 is 1.31 bits per heavy atom. The van der Waals surface area contributed by atoms with Crippen molar-refractivity contribution in [3.63, 3.8) is 0 Å². The van der Waals surface area contributed by atoms with Crippen LogP contribution in [0.1, 0.15) is 30.0 Å². The van der Waals surface area contributed by atoms with Crippen molar-refractivity contribution in [2.75, 3.05) is 13.2 Å². The van der Waals surface area contributed by atoms with Gasteiger partial charge >= 0.3 is 5.97 Å². The van der Waals surface area contributed by atoms with Gasteiger partial charge in [-0.25, -0.2) is 4.79 Å². The number of halogens is 2. The van der Waals surface area contributed by atoms with Crippen molar-refractivity contribution in [1.29, 1.82) is 0 Å². The first-order valence-electron chi connectivity index (χ1n) is 13.3. The molecule has 0 saturated carbocycles. The molecule has 0 spiro atoms. The highest BCUT2D eigenvalue weighted by Crippen LogP contribution is 2.36. The standard InChI is InChI=1S/C34H28Cl2O4S2/c1-3-22(17-39-29-12-13-30(21(2)14-29)40-18-33(37)38)34(25-8-4-23(5-9-25)31-15-27(35)19-41-31)26-10-6-24(7-11-26)32-16-28(36)20-42-32/h4-16,19-20H,3,17-18H2,1-2H3,(H,37,38). The first kappa shape index (κ1) is 29.9. The van der Waals surface area contributed by atoms with Gasteiger partial charge in [-0.1, -0.05) is 78.7 Å². The molecule has 2 heterocycles. The molecule has 0 bridgehead atoms. The molecule has 5 aromatic rings. The lowest BCUT2D eigenvalue weighted by atomic mass is 9.91. The molecular weight excluding hydrogens is 607 g/mol. The second-order valence-corrected chi connectivity index (χ2v) is 12.3. The van der Waals surface area contributed by atoms with Crippen LogP contribution >= 0.6 is 45.9 Å². The topological polar surface area (TPSA) is 55.8 Å². The number of rotatable bonds is 11. The summed E-state index contributed by atoms with van der Waals surface area (Å²) in [6.45, 7) is 4.02. The Bertz CT molecular complexity index is 1630. The molecule has 4 nitrogen and oxygen atoms in total. The van der Waals surface area contributed by atoms with Crippen LogP contribution in [0.3, 0.4) is 0 Å². The molecule has 0 amide bonds. The number of hydrogen-bond acceptors (Lipinski definition) is 5. The van der Waals surface area contributed by atoms with Gasteiger partial charge < -0.3 is 14.6 Å². The van der Waals surface area contributed by atoms with Gasteiger partial charge in [-0.2, -0.15) is 0 Å². The Morgan fingerprint density at radius 1 is 0.762 bits per heavy atom. The van der Waals surface area contributed by atoms with E-state index in [1.54, 1.807) is 34.8 Å². The van der Waals surface area contributed by atoms with E-state index in [9.17, 15) is 4.79 Å². The molecule has 0 atom stereocenters. The first-order chi connectivity index (χ1) is 20.3. The van der Waals surface area contributed by atoms with Gasteiger partial charge in [0.15, 0.2) is 6.61 Å². The van der Waals surface area contributed by atoms with E-state index in [0.717, 1.165) is 65.2 Å². The predicted octanol–water partition coefficient (Wildman–Crippen LogP) is 10.5. The van der Waals surface area contributed by atoms with Crippen molar-refractivity contribution >= 4 is 57.4 Å². The molecule has 214 valence electrons. The van der Waals surface area contributed by atoms with Gasteiger partial charge in [0.1, 0.15) is 18.1 Å². The van der Waals surface area contributed by atoms with Gasteiger partial charge in [0.05, 0.1) is 10.0 Å². The van der Waals surface area contributed by atoms with Crippen LogP contribution < -0.4 is 9.47 Å². The van der Waals surface area contributed by atoms with E-state index in [1.165, 1.54) is 0 Å². The molecule has 0 radical (unpaired) electrons. The summed E-state index contributed by atoms with van der Waals surface area (Å²) in [5.74, 6) is 0.200. The third-order valence-corrected chi connectivity index (χ3v) is 9.40. The summed E-state index contributed by atoms with van der Waals surface area (Å²) in [6.07, 6.45) is 0.790. The molecule has 5 rings (SSSR count). The Morgan fingerprint density at radius 3 is 1.74 bits per heavy atom. The maximum atomic E-state index is 10.9. The van der Waals surface area contributed by atoms with Crippen LogP contribution in [0.5, 0.6) is 11.5 Å². The van der Waals surface area contributed by atoms with Crippen molar-refractivity contribution in [2.24, 2.45) is 0 Å². The van der Waals surface area contributed by atoms with Gasteiger partial charge in [-0.15, -0.1) is 22.7 Å². The van der Waals surface area contributed by atoms with E-state index in [2.05, 4.69) is 55.5 Å². The van der Waals surface area contributed by atoms with E-state index in [0.29, 0.717) is 18.1 Å². The highest BCUT2D eigenvalue weighted by atomic mass is 35.5. The third-order valence-electron chi connectivity index (χ3n) is 6.74. The maximum absolute atomic E-state index is 10.9. The summed E-state index contributed by atoms with van der Waals surface area (Å²) in [7, 11) is 0. The minimum Gasteiger partial charge on any atom is -0.489 e. The largest absolute Gasteiger partial charge is 0.489 e. The van der Waals surface area contributed by atoms with Gasteiger partial charge in [-0.05, 0) is 82.6 Å². The van der Waals surface area contributed by atoms with Crippen LogP contribution in [0.2, 0.25) is 10.0 Å². The fourth-order valence-corrected chi connectivity index (χ4v) is 6.81. The van der Waals surface area contributed by atoms with Crippen molar-refractivity contribution in [3.8, 4) is 32.4 Å². The highest BCUT2D eigenvalue weighted by Gasteiger charge is 2.14. The second kappa shape index (κ2) is 13.6. The highest BCUT2D eigenvalue weighted by molar-refractivity contribution is 7.14. The van der Waals surface area contributed by atoms with Crippen LogP contribution in [0.25, 0.3) is 26.5 Å². The van der Waals surface area contributed by atoms with Crippen LogP contribution in [-0.2, 0) is 4.79 Å². The summed E-state index contributed by atoms with van der Waals surface area (Å²) in [5, 5.41) is 14.3. The first-order valence-corrected chi connectivity index (χ1v) is 15.8. The quantitative estimate of drug-likeness (QED) is 0.157. The number of aryl methyl sites for hydroxylation is 1. The molecule has 0 unspecified atom stereocenters. The number of carboxylic acids is 1. The zero-order valence-electron chi connectivity index (χ0n) is 23.0. The molecule has 0 aliphatic carbocycles. The van der Waals surface area contributed by atoms with Gasteiger partial charge in [0.25, 0.3) is 0 Å². The van der Waals surface area contributed by atoms with Crippen LogP contribution in [-0.4, -0.2) is 24.3 Å². The monoisotopic (exact) mass is 634 g/mol. The number of ether oxygens (including phenoxy) is 2. The van der Waals surface area contributed by atoms with E-state index >= 15 is 0 Å². The Kier molecular flexibility index (Phi) is 9.70. The molecule has 0 aliphatic rings. The number of carboxylic acid groups (broad SMARTS) is 1. The summed E-state index contributed by atoms with van der Waals surface area (Å²) < 4.78 is 11.6. The molecule has 1 N–H and O–H groups in total. The molecule has 0 fully saturated rings. The molecule has 0 saturated heterocycles. The average molecular weight is 636 g/mol. The van der Waals surface area contributed by atoms with Crippen LogP contribution in [0.4, 0.5) is 0 Å². The number of benzene rings is 3. The molecular formula is C34H28Cl2O4S2. The smallest absolute Gasteiger partial charge is 0.341 e. The molecule has 2 aromatic heterocycles. The zero-order valence-corrected chi connectivity index (χ0v) is 26.2. The van der Waals surface area contributed by atoms with Crippen molar-refractivity contribution in [2.45, 2.75) is 20.3 Å². The lowest BCUT2D eigenvalue weighted by Gasteiger charge is -2.18. The SMILES string of the molecule is CCC(COc1ccc(OCC(=O)O)c(C)c1)=C(c1ccc(-c2cc(Cl)cs2)cc1)c1ccc(-c2cc(Cl)cs2)cc1. The second-order valence-electron chi connectivity index (χ2n) is 9.64. The Labute approximate surface area is 263 Å². The molecule has 8 heteroatoms. The Hall–Kier alpha value is -3.55. The Balaban J connectivity index is 1.47. The van der Waals surface area contributed by atoms with Crippen molar-refractivity contribution in [1.82, 2.24) is 0 Å². The van der Waals surface area contributed by atoms with Crippen LogP contribution in [0, 0.1) is 6.92 Å². The normalized spacial score (nSPS) is 10.9. The number of carbonyl (C=O) groups is 1. The van der Waals surface area contributed by atoms with Crippen LogP contribution in [0.15, 0.2) is 95.2 Å². The number of thiophene rings is 2. The average Bonchev–Trinajstić information content (AvgIpc) is 3.63. The van der Waals surface area contributed by atoms with Gasteiger partial charge in [0, 0.05) is 20.5 Å². The summed E-state index contributed by atoms with van der Waals surface area (Å²) in [6, 6.07) is 26.5. The zero-order chi connectivity index (χ0) is 29.6. The summed E-state index contributed by atoms with van der Waals surface area (Å²) in [4.78, 5) is 13.1. The number of hydrogen-bond donors (Lipinski definition) is 1. The lowest BCUT2D eigenvalue weighted by molar-refractivity contribution is -0.139. The minimum atomic E-state index is -1.01. The third kappa shape index (κ3) is 7.26. The summed E-state index contributed by atoms with van der Waals surface area (Å²) in [5.41, 5.74) is 7.53. The molecule has 0 aliphatic heterocycles. The van der Waals surface area contributed by atoms with Gasteiger partial charge in [-0.3, -0.25) is 0 Å². The van der Waals surface area contributed by atoms with E-state index < -0.39 is 5.97 Å². The molecule has 3 aromatic carbocycles. The van der Waals surface area contributed by atoms with Crippen molar-refractivity contribution < 1.29 is 19.4 Å². The number of aliphatic carboxylic acids is 1. The van der Waals surface area contributed by atoms with E-state index in [4.69, 9.17) is 37.8 Å². The fraction of sp³-hybridized carbons (Fsp3) is 0.147.